The first-order valence-electron chi connectivity index (χ1n) is 10.4. The van der Waals surface area contributed by atoms with Crippen molar-refractivity contribution >= 4 is 66.3 Å². The van der Waals surface area contributed by atoms with Crippen LogP contribution in [0.4, 0.5) is 5.69 Å². The summed E-state index contributed by atoms with van der Waals surface area (Å²) in [6, 6.07) is 23.3. The number of halogens is 2. The maximum atomic E-state index is 13.1. The van der Waals surface area contributed by atoms with Gasteiger partial charge in [0.1, 0.15) is 5.57 Å². The smallest absolute Gasteiger partial charge is 0.282 e. The van der Waals surface area contributed by atoms with Crippen LogP contribution in [0.5, 0.6) is 0 Å². The van der Waals surface area contributed by atoms with Gasteiger partial charge in [-0.3, -0.25) is 15.0 Å². The number of anilines is 1. The van der Waals surface area contributed by atoms with E-state index in [-0.39, 0.29) is 11.5 Å². The summed E-state index contributed by atoms with van der Waals surface area (Å²) < 4.78 is 4.23. The second kappa shape index (κ2) is 8.65. The van der Waals surface area contributed by atoms with E-state index in [4.69, 9.17) is 0 Å². The van der Waals surface area contributed by atoms with Gasteiger partial charge < -0.3 is 4.57 Å². The lowest BCUT2D eigenvalue weighted by molar-refractivity contribution is -0.117. The zero-order valence-corrected chi connectivity index (χ0v) is 20.9. The molecule has 3 aromatic carbocycles. The van der Waals surface area contributed by atoms with Crippen molar-refractivity contribution in [1.82, 2.24) is 9.99 Å². The van der Waals surface area contributed by atoms with Gasteiger partial charge in [0.2, 0.25) is 0 Å². The molecule has 1 aliphatic heterocycles. The van der Waals surface area contributed by atoms with Crippen LogP contribution in [0.3, 0.4) is 0 Å². The molecule has 0 spiro atoms. The maximum Gasteiger partial charge on any atom is 0.282 e. The fraction of sp³-hybridized carbons (Fsp3) is 0.0769. The Balaban J connectivity index is 1.59. The number of hydrazine groups is 1. The van der Waals surface area contributed by atoms with Crippen molar-refractivity contribution in [3.8, 4) is 0 Å². The topological polar surface area (TPSA) is 54.3 Å². The highest BCUT2D eigenvalue weighted by Crippen LogP contribution is 2.32. The number of amides is 2. The van der Waals surface area contributed by atoms with Gasteiger partial charge in [0.05, 0.1) is 5.69 Å². The molecule has 1 aromatic heterocycles. The molecule has 4 aromatic rings. The SMILES string of the molecule is Cc1c(/C=C2/C(=O)NN(c3ccccc3)C2=O)c2ccccc2n1Cc1ccc(Br)cc1Br. The van der Waals surface area contributed by atoms with Crippen LogP contribution in [-0.2, 0) is 16.1 Å². The molecule has 7 heteroatoms. The number of nitrogens with zero attached hydrogens (tertiary/aromatic N) is 2. The molecule has 1 fully saturated rings. The molecule has 2 heterocycles. The zero-order valence-electron chi connectivity index (χ0n) is 17.7. The van der Waals surface area contributed by atoms with E-state index in [1.165, 1.54) is 5.01 Å². The van der Waals surface area contributed by atoms with Crippen molar-refractivity contribution in [2.24, 2.45) is 0 Å². The standard InChI is InChI=1S/C26H19Br2N3O2/c1-16-21(14-22-25(32)29-31(26(22)33)19-7-3-2-4-8-19)20-9-5-6-10-24(20)30(16)15-17-11-12-18(27)13-23(17)28/h2-14H,15H2,1H3,(H,29,32)/b22-14-. The Kier molecular flexibility index (Phi) is 5.68. The summed E-state index contributed by atoms with van der Waals surface area (Å²) in [5, 5.41) is 2.29. The molecule has 0 saturated carbocycles. The molecule has 33 heavy (non-hydrogen) atoms. The number of aromatic nitrogens is 1. The molecule has 1 aliphatic rings. The van der Waals surface area contributed by atoms with Crippen LogP contribution in [0.1, 0.15) is 16.8 Å². The normalized spacial score (nSPS) is 15.0. The fourth-order valence-electron chi connectivity index (χ4n) is 4.12. The van der Waals surface area contributed by atoms with Crippen molar-refractivity contribution in [3.05, 3.63) is 104 Å². The molecular formula is C26H19Br2N3O2. The number of para-hydroxylation sites is 2. The van der Waals surface area contributed by atoms with E-state index >= 15 is 0 Å². The number of benzene rings is 3. The molecule has 0 bridgehead atoms. The van der Waals surface area contributed by atoms with Crippen LogP contribution in [0, 0.1) is 6.92 Å². The summed E-state index contributed by atoms with van der Waals surface area (Å²) in [4.78, 5) is 25.8. The zero-order chi connectivity index (χ0) is 23.1. The van der Waals surface area contributed by atoms with E-state index in [9.17, 15) is 9.59 Å². The van der Waals surface area contributed by atoms with E-state index in [2.05, 4.69) is 54.0 Å². The van der Waals surface area contributed by atoms with Gasteiger partial charge in [-0.1, -0.05) is 74.3 Å². The van der Waals surface area contributed by atoms with Gasteiger partial charge in [-0.05, 0) is 48.9 Å². The minimum absolute atomic E-state index is 0.120. The Labute approximate surface area is 207 Å². The third-order valence-corrected chi connectivity index (χ3v) is 7.05. The van der Waals surface area contributed by atoms with Crippen LogP contribution in [-0.4, -0.2) is 16.4 Å². The molecule has 0 aliphatic carbocycles. The summed E-state index contributed by atoms with van der Waals surface area (Å²) in [5.74, 6) is -0.770. The minimum atomic E-state index is -0.407. The van der Waals surface area contributed by atoms with Crippen molar-refractivity contribution < 1.29 is 9.59 Å². The Morgan fingerprint density at radius 1 is 0.939 bits per heavy atom. The first-order valence-corrected chi connectivity index (χ1v) is 12.0. The second-order valence-electron chi connectivity index (χ2n) is 7.81. The Hall–Kier alpha value is -3.16. The number of rotatable bonds is 4. The predicted molar refractivity (Wildman–Crippen MR) is 138 cm³/mol. The molecule has 0 unspecified atom stereocenters. The van der Waals surface area contributed by atoms with Gasteiger partial charge in [-0.2, -0.15) is 0 Å². The maximum absolute atomic E-state index is 13.1. The van der Waals surface area contributed by atoms with Gasteiger partial charge in [0, 0.05) is 37.7 Å². The van der Waals surface area contributed by atoms with Gasteiger partial charge >= 0.3 is 0 Å². The highest BCUT2D eigenvalue weighted by molar-refractivity contribution is 9.11. The first-order chi connectivity index (χ1) is 15.9. The lowest BCUT2D eigenvalue weighted by Crippen LogP contribution is -2.35. The van der Waals surface area contributed by atoms with Crippen LogP contribution >= 0.6 is 31.9 Å². The molecule has 5 rings (SSSR count). The Bertz CT molecular complexity index is 1440. The van der Waals surface area contributed by atoms with E-state index < -0.39 is 5.91 Å². The van der Waals surface area contributed by atoms with Gasteiger partial charge in [0.25, 0.3) is 11.8 Å². The van der Waals surface area contributed by atoms with Crippen LogP contribution in [0.25, 0.3) is 17.0 Å². The highest BCUT2D eigenvalue weighted by Gasteiger charge is 2.34. The monoisotopic (exact) mass is 563 g/mol. The molecule has 5 nitrogen and oxygen atoms in total. The Morgan fingerprint density at radius 3 is 2.42 bits per heavy atom. The molecule has 164 valence electrons. The summed E-state index contributed by atoms with van der Waals surface area (Å²) in [6.07, 6.45) is 1.71. The van der Waals surface area contributed by atoms with Gasteiger partial charge in [0.15, 0.2) is 0 Å². The summed E-state index contributed by atoms with van der Waals surface area (Å²) >= 11 is 7.16. The number of carbonyl (C=O) groups excluding carboxylic acids is 2. The number of hydrogen-bond donors (Lipinski definition) is 1. The van der Waals surface area contributed by atoms with Crippen LogP contribution < -0.4 is 10.4 Å². The van der Waals surface area contributed by atoms with Crippen molar-refractivity contribution in [2.75, 3.05) is 5.01 Å². The van der Waals surface area contributed by atoms with Crippen molar-refractivity contribution in [2.45, 2.75) is 13.5 Å². The number of hydrogen-bond acceptors (Lipinski definition) is 2. The molecule has 1 N–H and O–H groups in total. The molecule has 0 radical (unpaired) electrons. The lowest BCUT2D eigenvalue weighted by atomic mass is 10.1. The van der Waals surface area contributed by atoms with Crippen LogP contribution in [0.2, 0.25) is 0 Å². The first kappa shape index (κ1) is 21.7. The molecular weight excluding hydrogens is 546 g/mol. The van der Waals surface area contributed by atoms with E-state index in [0.29, 0.717) is 12.2 Å². The molecule has 0 atom stereocenters. The third-order valence-electron chi connectivity index (χ3n) is 5.82. The van der Waals surface area contributed by atoms with E-state index in [0.717, 1.165) is 36.7 Å². The largest absolute Gasteiger partial charge is 0.340 e. The number of fused-ring (bicyclic) bond motifs is 1. The quantitative estimate of drug-likeness (QED) is 0.245. The van der Waals surface area contributed by atoms with Crippen molar-refractivity contribution in [1.29, 1.82) is 0 Å². The molecule has 2 amide bonds. The number of carbonyl (C=O) groups is 2. The van der Waals surface area contributed by atoms with Gasteiger partial charge in [-0.25, -0.2) is 5.01 Å². The van der Waals surface area contributed by atoms with E-state index in [1.54, 1.807) is 18.2 Å². The minimum Gasteiger partial charge on any atom is -0.340 e. The lowest BCUT2D eigenvalue weighted by Gasteiger charge is -2.13. The second-order valence-corrected chi connectivity index (χ2v) is 9.58. The number of nitrogens with one attached hydrogen (secondary N) is 1. The fourth-order valence-corrected chi connectivity index (χ4v) is 5.30. The average Bonchev–Trinajstić information content (AvgIpc) is 3.25. The highest BCUT2D eigenvalue weighted by atomic mass is 79.9. The van der Waals surface area contributed by atoms with Crippen LogP contribution in [0.15, 0.2) is 87.3 Å². The third kappa shape index (κ3) is 3.92. The van der Waals surface area contributed by atoms with Crippen molar-refractivity contribution in [3.63, 3.8) is 0 Å². The Morgan fingerprint density at radius 2 is 1.67 bits per heavy atom. The predicted octanol–water partition coefficient (Wildman–Crippen LogP) is 5.98. The molecule has 1 saturated heterocycles. The van der Waals surface area contributed by atoms with E-state index in [1.807, 2.05) is 55.5 Å². The summed E-state index contributed by atoms with van der Waals surface area (Å²) in [6.45, 7) is 2.67. The average molecular weight is 565 g/mol. The van der Waals surface area contributed by atoms with Gasteiger partial charge in [-0.15, -0.1) is 0 Å². The summed E-state index contributed by atoms with van der Waals surface area (Å²) in [7, 11) is 0. The summed E-state index contributed by atoms with van der Waals surface area (Å²) in [5.41, 5.74) is 7.45.